The van der Waals surface area contributed by atoms with Crippen molar-refractivity contribution in [2.75, 3.05) is 18.9 Å². The van der Waals surface area contributed by atoms with Gasteiger partial charge in [0.05, 0.1) is 10.6 Å². The van der Waals surface area contributed by atoms with Gasteiger partial charge in [0.1, 0.15) is 24.1 Å². The SMILES string of the molecule is C=CCOC(=O)C(CCN1C(=O)CSC1=O)NS(=O)(=O)c1ccc(Oc2ccccc2)cc1. The van der Waals surface area contributed by atoms with Gasteiger partial charge in [-0.3, -0.25) is 19.3 Å². The van der Waals surface area contributed by atoms with Gasteiger partial charge in [0.25, 0.3) is 5.24 Å². The molecule has 0 saturated carbocycles. The van der Waals surface area contributed by atoms with Crippen LogP contribution in [0.2, 0.25) is 0 Å². The highest BCUT2D eigenvalue weighted by Gasteiger charge is 2.33. The summed E-state index contributed by atoms with van der Waals surface area (Å²) in [6.07, 6.45) is 1.21. The van der Waals surface area contributed by atoms with Gasteiger partial charge < -0.3 is 9.47 Å². The summed E-state index contributed by atoms with van der Waals surface area (Å²) in [5.74, 6) is -0.173. The van der Waals surface area contributed by atoms with Crippen LogP contribution in [0.3, 0.4) is 0 Å². The van der Waals surface area contributed by atoms with Gasteiger partial charge in [0, 0.05) is 6.54 Å². The van der Waals surface area contributed by atoms with Crippen LogP contribution >= 0.6 is 11.8 Å². The maximum atomic E-state index is 12.9. The minimum absolute atomic E-state index is 0.0214. The number of carbonyl (C=O) groups is 3. The smallest absolute Gasteiger partial charge is 0.324 e. The second-order valence-corrected chi connectivity index (χ2v) is 9.51. The van der Waals surface area contributed by atoms with Gasteiger partial charge in [-0.25, -0.2) is 8.42 Å². The lowest BCUT2D eigenvalue weighted by atomic mass is 10.2. The van der Waals surface area contributed by atoms with E-state index < -0.39 is 27.3 Å². The number of sulfonamides is 1. The number of imide groups is 1. The Morgan fingerprint density at radius 3 is 2.39 bits per heavy atom. The van der Waals surface area contributed by atoms with Gasteiger partial charge in [-0.1, -0.05) is 42.6 Å². The second-order valence-electron chi connectivity index (χ2n) is 6.87. The molecule has 0 spiro atoms. The zero-order valence-electron chi connectivity index (χ0n) is 17.5. The van der Waals surface area contributed by atoms with Gasteiger partial charge in [0.2, 0.25) is 15.9 Å². The van der Waals surface area contributed by atoms with Crippen LogP contribution in [0.25, 0.3) is 0 Å². The van der Waals surface area contributed by atoms with Crippen molar-refractivity contribution in [2.24, 2.45) is 0 Å². The van der Waals surface area contributed by atoms with E-state index in [-0.39, 0.29) is 36.1 Å². The van der Waals surface area contributed by atoms with Crippen LogP contribution in [-0.2, 0) is 24.3 Å². The van der Waals surface area contributed by atoms with Crippen molar-refractivity contribution >= 4 is 38.9 Å². The molecule has 0 aliphatic carbocycles. The molecule has 1 saturated heterocycles. The molecule has 1 N–H and O–H groups in total. The molecule has 9 nitrogen and oxygen atoms in total. The molecule has 1 unspecified atom stereocenters. The fraction of sp³-hybridized carbons (Fsp3) is 0.227. The molecule has 1 aliphatic heterocycles. The summed E-state index contributed by atoms with van der Waals surface area (Å²) >= 11 is 0.857. The van der Waals surface area contributed by atoms with Crippen molar-refractivity contribution in [3.05, 3.63) is 67.3 Å². The minimum atomic E-state index is -4.12. The fourth-order valence-corrected chi connectivity index (χ4v) is 4.86. The summed E-state index contributed by atoms with van der Waals surface area (Å²) in [6.45, 7) is 3.22. The number of thioether (sulfide) groups is 1. The molecule has 3 rings (SSSR count). The van der Waals surface area contributed by atoms with Crippen molar-refractivity contribution in [1.29, 1.82) is 0 Å². The number of amides is 2. The summed E-state index contributed by atoms with van der Waals surface area (Å²) in [6, 6.07) is 13.4. The third kappa shape index (κ3) is 6.67. The highest BCUT2D eigenvalue weighted by Crippen LogP contribution is 2.23. The average molecular weight is 491 g/mol. The summed E-state index contributed by atoms with van der Waals surface area (Å²) in [4.78, 5) is 36.9. The number of carbonyl (C=O) groups excluding carboxylic acids is 3. The van der Waals surface area contributed by atoms with Crippen LogP contribution < -0.4 is 9.46 Å². The molecule has 2 aromatic rings. The predicted octanol–water partition coefficient (Wildman–Crippen LogP) is 2.94. The molecule has 33 heavy (non-hydrogen) atoms. The Morgan fingerprint density at radius 1 is 1.12 bits per heavy atom. The summed E-state index contributed by atoms with van der Waals surface area (Å²) in [7, 11) is -4.12. The van der Waals surface area contributed by atoms with E-state index >= 15 is 0 Å². The minimum Gasteiger partial charge on any atom is -0.460 e. The Kier molecular flexibility index (Phi) is 8.26. The quantitative estimate of drug-likeness (QED) is 0.377. The van der Waals surface area contributed by atoms with Crippen LogP contribution in [0.15, 0.2) is 72.1 Å². The molecular weight excluding hydrogens is 468 g/mol. The number of rotatable bonds is 11. The third-order valence-electron chi connectivity index (χ3n) is 4.52. The number of benzene rings is 2. The number of hydrogen-bond acceptors (Lipinski definition) is 8. The van der Waals surface area contributed by atoms with E-state index in [1.165, 1.54) is 30.3 Å². The first-order chi connectivity index (χ1) is 15.8. The van der Waals surface area contributed by atoms with Crippen LogP contribution in [-0.4, -0.2) is 55.4 Å². The van der Waals surface area contributed by atoms with Gasteiger partial charge in [-0.15, -0.1) is 0 Å². The molecule has 2 amide bonds. The standard InChI is InChI=1S/C22H22N2O7S2/c1-2-14-30-21(26)19(12-13-24-20(25)15-32-22(24)27)23-33(28,29)18-10-8-17(9-11-18)31-16-6-4-3-5-7-16/h2-11,19,23H,1,12-15H2. The van der Waals surface area contributed by atoms with E-state index in [9.17, 15) is 22.8 Å². The van der Waals surface area contributed by atoms with Crippen LogP contribution in [0.1, 0.15) is 6.42 Å². The number of ether oxygens (including phenoxy) is 2. The van der Waals surface area contributed by atoms with Crippen molar-refractivity contribution in [2.45, 2.75) is 17.4 Å². The summed E-state index contributed by atoms with van der Waals surface area (Å²) in [5.41, 5.74) is 0. The van der Waals surface area contributed by atoms with Crippen LogP contribution in [0.5, 0.6) is 11.5 Å². The predicted molar refractivity (Wildman–Crippen MR) is 122 cm³/mol. The Balaban J connectivity index is 1.71. The lowest BCUT2D eigenvalue weighted by molar-refractivity contribution is -0.144. The Morgan fingerprint density at radius 2 is 1.79 bits per heavy atom. The molecule has 1 aliphatic rings. The Bertz CT molecular complexity index is 1100. The van der Waals surface area contributed by atoms with Gasteiger partial charge in [0.15, 0.2) is 0 Å². The monoisotopic (exact) mass is 490 g/mol. The molecule has 11 heteroatoms. The normalized spacial score (nSPS) is 14.7. The lowest BCUT2D eigenvalue weighted by Crippen LogP contribution is -2.44. The maximum absolute atomic E-state index is 12.9. The summed E-state index contributed by atoms with van der Waals surface area (Å²) in [5, 5.41) is -0.435. The van der Waals surface area contributed by atoms with Crippen molar-refractivity contribution in [3.8, 4) is 11.5 Å². The number of nitrogens with one attached hydrogen (secondary N) is 1. The van der Waals surface area contributed by atoms with Crippen LogP contribution in [0, 0.1) is 0 Å². The molecule has 0 aromatic heterocycles. The number of para-hydroxylation sites is 1. The highest BCUT2D eigenvalue weighted by atomic mass is 32.2. The van der Waals surface area contributed by atoms with Gasteiger partial charge >= 0.3 is 5.97 Å². The topological polar surface area (TPSA) is 119 Å². The lowest BCUT2D eigenvalue weighted by Gasteiger charge is -2.20. The largest absolute Gasteiger partial charge is 0.460 e. The van der Waals surface area contributed by atoms with E-state index in [1.54, 1.807) is 12.1 Å². The van der Waals surface area contributed by atoms with Crippen molar-refractivity contribution in [3.63, 3.8) is 0 Å². The molecule has 0 bridgehead atoms. The molecule has 2 aromatic carbocycles. The Labute approximate surface area is 195 Å². The zero-order chi connectivity index (χ0) is 23.8. The van der Waals surface area contributed by atoms with E-state index in [0.717, 1.165) is 16.7 Å². The zero-order valence-corrected chi connectivity index (χ0v) is 19.1. The van der Waals surface area contributed by atoms with Gasteiger partial charge in [-0.05, 0) is 42.8 Å². The van der Waals surface area contributed by atoms with E-state index in [4.69, 9.17) is 9.47 Å². The first-order valence-electron chi connectivity index (χ1n) is 9.90. The first kappa shape index (κ1) is 24.5. The highest BCUT2D eigenvalue weighted by molar-refractivity contribution is 8.14. The molecule has 174 valence electrons. The molecule has 0 radical (unpaired) electrons. The third-order valence-corrected chi connectivity index (χ3v) is 6.87. The Hall–Kier alpha value is -3.15. The van der Waals surface area contributed by atoms with Crippen molar-refractivity contribution in [1.82, 2.24) is 9.62 Å². The molecule has 1 atom stereocenters. The van der Waals surface area contributed by atoms with Crippen molar-refractivity contribution < 1.29 is 32.3 Å². The molecular formula is C22H22N2O7S2. The number of hydrogen-bond donors (Lipinski definition) is 1. The van der Waals surface area contributed by atoms with E-state index in [2.05, 4.69) is 11.3 Å². The number of esters is 1. The van der Waals surface area contributed by atoms with E-state index in [1.807, 2.05) is 18.2 Å². The second kappa shape index (κ2) is 11.1. The van der Waals surface area contributed by atoms with E-state index in [0.29, 0.717) is 11.5 Å². The molecule has 1 fully saturated rings. The van der Waals surface area contributed by atoms with Gasteiger partial charge in [-0.2, -0.15) is 4.72 Å². The molecule has 1 heterocycles. The number of nitrogens with zero attached hydrogens (tertiary/aromatic N) is 1. The van der Waals surface area contributed by atoms with Crippen LogP contribution in [0.4, 0.5) is 4.79 Å². The fourth-order valence-electron chi connectivity index (χ4n) is 2.89. The summed E-state index contributed by atoms with van der Waals surface area (Å²) < 4.78 is 38.7. The first-order valence-corrected chi connectivity index (χ1v) is 12.4. The average Bonchev–Trinajstić information content (AvgIpc) is 3.13. The maximum Gasteiger partial charge on any atom is 0.324 e.